The fraction of sp³-hybridized carbons (Fsp3) is 0.917. The van der Waals surface area contributed by atoms with Gasteiger partial charge in [-0.25, -0.2) is 0 Å². The second-order valence-corrected chi connectivity index (χ2v) is 3.98. The van der Waals surface area contributed by atoms with Gasteiger partial charge in [0.2, 0.25) is 0 Å². The molecule has 0 aromatic rings. The summed E-state index contributed by atoms with van der Waals surface area (Å²) in [4.78, 5) is 0. The third kappa shape index (κ3) is 8.52. The van der Waals surface area contributed by atoms with E-state index in [4.69, 9.17) is 4.74 Å². The minimum absolute atomic E-state index is 0.259. The lowest BCUT2D eigenvalue weighted by Crippen LogP contribution is -2.16. The minimum atomic E-state index is -0.259. The number of hydrogen-bond donors (Lipinski definition) is 1. The molecule has 0 aliphatic carbocycles. The van der Waals surface area contributed by atoms with Crippen LogP contribution in [-0.4, -0.2) is 24.4 Å². The van der Waals surface area contributed by atoms with Gasteiger partial charge in [-0.15, -0.1) is 0 Å². The lowest BCUT2D eigenvalue weighted by atomic mass is 10.0. The Labute approximate surface area is 88.7 Å². The first-order valence-corrected chi connectivity index (χ1v) is 5.79. The Hall–Kier alpha value is -0.0800. The van der Waals surface area contributed by atoms with Crippen LogP contribution >= 0.6 is 0 Å². The number of rotatable bonds is 9. The summed E-state index contributed by atoms with van der Waals surface area (Å²) in [5.74, 6) is 0.449. The van der Waals surface area contributed by atoms with Crippen molar-refractivity contribution in [3.8, 4) is 0 Å². The summed E-state index contributed by atoms with van der Waals surface area (Å²) < 4.78 is 5.49. The first-order valence-electron chi connectivity index (χ1n) is 5.79. The molecule has 2 nitrogen and oxygen atoms in total. The van der Waals surface area contributed by atoms with Crippen LogP contribution in [0.2, 0.25) is 0 Å². The Morgan fingerprint density at radius 1 is 1.36 bits per heavy atom. The molecule has 2 unspecified atom stereocenters. The Kier molecular flexibility index (Phi) is 9.42. The van der Waals surface area contributed by atoms with Crippen molar-refractivity contribution in [2.75, 3.05) is 13.2 Å². The SMILES string of the molecule is CC[CH]C(O)CC(C)COCCCC. The van der Waals surface area contributed by atoms with Crippen LogP contribution in [0.25, 0.3) is 0 Å². The van der Waals surface area contributed by atoms with E-state index >= 15 is 0 Å². The van der Waals surface area contributed by atoms with Crippen LogP contribution in [0.3, 0.4) is 0 Å². The Morgan fingerprint density at radius 2 is 2.07 bits per heavy atom. The summed E-state index contributed by atoms with van der Waals surface area (Å²) in [6.45, 7) is 7.96. The monoisotopic (exact) mass is 201 g/mol. The maximum absolute atomic E-state index is 9.51. The molecular weight excluding hydrogens is 176 g/mol. The summed E-state index contributed by atoms with van der Waals surface area (Å²) >= 11 is 0. The lowest BCUT2D eigenvalue weighted by molar-refractivity contribution is 0.0794. The molecule has 1 N–H and O–H groups in total. The molecule has 2 atom stereocenters. The van der Waals surface area contributed by atoms with Crippen molar-refractivity contribution in [3.05, 3.63) is 6.42 Å². The van der Waals surface area contributed by atoms with Gasteiger partial charge in [0.05, 0.1) is 6.10 Å². The van der Waals surface area contributed by atoms with Crippen molar-refractivity contribution in [2.24, 2.45) is 5.92 Å². The van der Waals surface area contributed by atoms with Crippen molar-refractivity contribution in [3.63, 3.8) is 0 Å². The first kappa shape index (κ1) is 13.9. The van der Waals surface area contributed by atoms with Gasteiger partial charge in [0.25, 0.3) is 0 Å². The Morgan fingerprint density at radius 3 is 2.64 bits per heavy atom. The van der Waals surface area contributed by atoms with Crippen molar-refractivity contribution < 1.29 is 9.84 Å². The molecule has 0 aliphatic rings. The van der Waals surface area contributed by atoms with Gasteiger partial charge in [0.15, 0.2) is 0 Å². The maximum Gasteiger partial charge on any atom is 0.0575 e. The van der Waals surface area contributed by atoms with Crippen LogP contribution in [-0.2, 0) is 4.74 Å². The fourth-order valence-corrected chi connectivity index (χ4v) is 1.38. The van der Waals surface area contributed by atoms with Gasteiger partial charge in [0.1, 0.15) is 0 Å². The van der Waals surface area contributed by atoms with E-state index in [1.165, 1.54) is 6.42 Å². The van der Waals surface area contributed by atoms with Gasteiger partial charge < -0.3 is 9.84 Å². The summed E-state index contributed by atoms with van der Waals surface area (Å²) in [5.41, 5.74) is 0. The Balaban J connectivity index is 3.30. The molecule has 0 heterocycles. The van der Waals surface area contributed by atoms with Crippen LogP contribution in [0.15, 0.2) is 0 Å². The molecule has 0 aromatic heterocycles. The zero-order chi connectivity index (χ0) is 10.8. The average Bonchev–Trinajstić information content (AvgIpc) is 2.13. The Bertz CT molecular complexity index is 115. The van der Waals surface area contributed by atoms with Crippen LogP contribution in [0.5, 0.6) is 0 Å². The second-order valence-electron chi connectivity index (χ2n) is 3.98. The highest BCUT2D eigenvalue weighted by Crippen LogP contribution is 2.10. The van der Waals surface area contributed by atoms with Crippen LogP contribution < -0.4 is 0 Å². The van der Waals surface area contributed by atoms with E-state index in [0.29, 0.717) is 5.92 Å². The molecule has 0 spiro atoms. The van der Waals surface area contributed by atoms with E-state index in [0.717, 1.165) is 32.5 Å². The highest BCUT2D eigenvalue weighted by molar-refractivity contribution is 4.75. The summed E-state index contributed by atoms with van der Waals surface area (Å²) in [5, 5.41) is 9.51. The lowest BCUT2D eigenvalue weighted by Gasteiger charge is -2.15. The standard InChI is InChI=1S/C12H25O2/c1-4-6-8-14-10-11(3)9-12(13)7-5-2/h7,11-13H,4-6,8-10H2,1-3H3. The first-order chi connectivity index (χ1) is 6.70. The number of aliphatic hydroxyl groups is 1. The molecule has 0 aliphatic heterocycles. The molecule has 0 rings (SSSR count). The van der Waals surface area contributed by atoms with Gasteiger partial charge in [-0.2, -0.15) is 0 Å². The molecule has 0 aromatic carbocycles. The summed E-state index contributed by atoms with van der Waals surface area (Å²) in [6.07, 6.45) is 5.76. The number of ether oxygens (including phenoxy) is 1. The summed E-state index contributed by atoms with van der Waals surface area (Å²) in [6, 6.07) is 0. The molecule has 0 fully saturated rings. The normalized spacial score (nSPS) is 15.4. The quantitative estimate of drug-likeness (QED) is 0.581. The molecule has 1 radical (unpaired) electrons. The number of hydrogen-bond acceptors (Lipinski definition) is 2. The molecule has 0 saturated heterocycles. The van der Waals surface area contributed by atoms with Crippen molar-refractivity contribution in [1.29, 1.82) is 0 Å². The highest BCUT2D eigenvalue weighted by atomic mass is 16.5. The van der Waals surface area contributed by atoms with Gasteiger partial charge in [-0.05, 0) is 25.2 Å². The number of unbranched alkanes of at least 4 members (excludes halogenated alkanes) is 1. The molecule has 85 valence electrons. The minimum Gasteiger partial charge on any atom is -0.393 e. The predicted molar refractivity (Wildman–Crippen MR) is 60.1 cm³/mol. The number of aliphatic hydroxyl groups excluding tert-OH is 1. The molecule has 0 saturated carbocycles. The maximum atomic E-state index is 9.51. The molecule has 2 heteroatoms. The second kappa shape index (κ2) is 9.47. The van der Waals surface area contributed by atoms with E-state index in [1.807, 2.05) is 13.3 Å². The van der Waals surface area contributed by atoms with E-state index in [9.17, 15) is 5.11 Å². The van der Waals surface area contributed by atoms with Gasteiger partial charge in [-0.3, -0.25) is 0 Å². The molecule has 0 amide bonds. The van der Waals surface area contributed by atoms with Crippen molar-refractivity contribution >= 4 is 0 Å². The molecule has 14 heavy (non-hydrogen) atoms. The van der Waals surface area contributed by atoms with Crippen molar-refractivity contribution in [2.45, 2.75) is 52.6 Å². The zero-order valence-corrected chi connectivity index (χ0v) is 9.83. The van der Waals surface area contributed by atoms with E-state index in [-0.39, 0.29) is 6.10 Å². The summed E-state index contributed by atoms with van der Waals surface area (Å²) in [7, 11) is 0. The third-order valence-electron chi connectivity index (χ3n) is 2.20. The smallest absolute Gasteiger partial charge is 0.0575 e. The van der Waals surface area contributed by atoms with Gasteiger partial charge in [0, 0.05) is 13.2 Å². The van der Waals surface area contributed by atoms with Gasteiger partial charge >= 0.3 is 0 Å². The fourth-order valence-electron chi connectivity index (χ4n) is 1.38. The predicted octanol–water partition coefficient (Wildman–Crippen LogP) is 2.80. The highest BCUT2D eigenvalue weighted by Gasteiger charge is 2.09. The largest absolute Gasteiger partial charge is 0.393 e. The van der Waals surface area contributed by atoms with E-state index < -0.39 is 0 Å². The topological polar surface area (TPSA) is 29.5 Å². The third-order valence-corrected chi connectivity index (χ3v) is 2.20. The van der Waals surface area contributed by atoms with E-state index in [2.05, 4.69) is 13.8 Å². The molecule has 0 bridgehead atoms. The van der Waals surface area contributed by atoms with Crippen LogP contribution in [0, 0.1) is 12.3 Å². The van der Waals surface area contributed by atoms with Crippen LogP contribution in [0.4, 0.5) is 0 Å². The zero-order valence-electron chi connectivity index (χ0n) is 9.83. The average molecular weight is 201 g/mol. The van der Waals surface area contributed by atoms with Gasteiger partial charge in [-0.1, -0.05) is 33.6 Å². The van der Waals surface area contributed by atoms with Crippen molar-refractivity contribution in [1.82, 2.24) is 0 Å². The molecular formula is C12H25O2. The van der Waals surface area contributed by atoms with E-state index in [1.54, 1.807) is 0 Å². The van der Waals surface area contributed by atoms with Crippen LogP contribution in [0.1, 0.15) is 46.5 Å².